The maximum atomic E-state index is 13.3. The zero-order chi connectivity index (χ0) is 22.1. The SMILES string of the molecule is CCNC[C@H]1CN(C)CCN(c2cccc(O[C@@H](CCNC)c3ccccc3)c2)C1=O. The molecule has 6 heteroatoms. The second-order valence-electron chi connectivity index (χ2n) is 8.16. The number of nitrogens with one attached hydrogen (secondary N) is 2. The Morgan fingerprint density at radius 3 is 2.68 bits per heavy atom. The van der Waals surface area contributed by atoms with Crippen molar-refractivity contribution in [2.45, 2.75) is 19.4 Å². The van der Waals surface area contributed by atoms with Crippen LogP contribution in [0.2, 0.25) is 0 Å². The lowest BCUT2D eigenvalue weighted by Crippen LogP contribution is -2.41. The van der Waals surface area contributed by atoms with Gasteiger partial charge in [-0.2, -0.15) is 0 Å². The fourth-order valence-electron chi connectivity index (χ4n) is 4.00. The summed E-state index contributed by atoms with van der Waals surface area (Å²) in [5.41, 5.74) is 2.06. The monoisotopic (exact) mass is 424 g/mol. The number of ether oxygens (including phenoxy) is 1. The van der Waals surface area contributed by atoms with E-state index in [1.54, 1.807) is 0 Å². The molecule has 2 aromatic carbocycles. The highest BCUT2D eigenvalue weighted by molar-refractivity contribution is 5.95. The lowest BCUT2D eigenvalue weighted by Gasteiger charge is -2.25. The molecular weight excluding hydrogens is 388 g/mol. The highest BCUT2D eigenvalue weighted by Crippen LogP contribution is 2.29. The number of carbonyl (C=O) groups is 1. The van der Waals surface area contributed by atoms with Crippen LogP contribution >= 0.6 is 0 Å². The summed E-state index contributed by atoms with van der Waals surface area (Å²) in [5, 5.41) is 6.55. The third-order valence-corrected chi connectivity index (χ3v) is 5.73. The van der Waals surface area contributed by atoms with Crippen molar-refractivity contribution in [2.24, 2.45) is 5.92 Å². The Balaban J connectivity index is 1.79. The molecular formula is C25H36N4O2. The fourth-order valence-corrected chi connectivity index (χ4v) is 4.00. The van der Waals surface area contributed by atoms with Crippen molar-refractivity contribution in [1.82, 2.24) is 15.5 Å². The summed E-state index contributed by atoms with van der Waals surface area (Å²) in [5.74, 6) is 0.915. The number of rotatable bonds is 10. The number of hydrogen-bond acceptors (Lipinski definition) is 5. The molecule has 1 aliphatic rings. The van der Waals surface area contributed by atoms with Crippen molar-refractivity contribution in [3.63, 3.8) is 0 Å². The summed E-state index contributed by atoms with van der Waals surface area (Å²) < 4.78 is 6.41. The van der Waals surface area contributed by atoms with E-state index in [0.29, 0.717) is 13.1 Å². The van der Waals surface area contributed by atoms with Crippen molar-refractivity contribution in [1.29, 1.82) is 0 Å². The molecule has 0 spiro atoms. The number of amides is 1. The summed E-state index contributed by atoms with van der Waals surface area (Å²) in [4.78, 5) is 17.5. The summed E-state index contributed by atoms with van der Waals surface area (Å²) >= 11 is 0. The van der Waals surface area contributed by atoms with Crippen LogP contribution < -0.4 is 20.3 Å². The molecule has 2 atom stereocenters. The van der Waals surface area contributed by atoms with Gasteiger partial charge >= 0.3 is 0 Å². The largest absolute Gasteiger partial charge is 0.486 e. The van der Waals surface area contributed by atoms with Gasteiger partial charge in [0.1, 0.15) is 11.9 Å². The van der Waals surface area contributed by atoms with Gasteiger partial charge in [0.15, 0.2) is 0 Å². The first kappa shape index (κ1) is 23.3. The van der Waals surface area contributed by atoms with Crippen LogP contribution in [0.3, 0.4) is 0 Å². The van der Waals surface area contributed by atoms with Gasteiger partial charge in [-0.3, -0.25) is 4.79 Å². The predicted octanol–water partition coefficient (Wildman–Crippen LogP) is 2.92. The second kappa shape index (κ2) is 11.8. The summed E-state index contributed by atoms with van der Waals surface area (Å²) in [6.07, 6.45) is 0.819. The van der Waals surface area contributed by atoms with Gasteiger partial charge in [0, 0.05) is 44.4 Å². The minimum absolute atomic E-state index is 0.0450. The van der Waals surface area contributed by atoms with E-state index in [1.807, 2.05) is 54.4 Å². The first-order valence-electron chi connectivity index (χ1n) is 11.3. The molecule has 0 bridgehead atoms. The van der Waals surface area contributed by atoms with E-state index in [-0.39, 0.29) is 17.9 Å². The number of benzene rings is 2. The van der Waals surface area contributed by atoms with Crippen LogP contribution in [0, 0.1) is 5.92 Å². The number of hydrogen-bond donors (Lipinski definition) is 2. The molecule has 1 aliphatic heterocycles. The normalized spacial score (nSPS) is 18.6. The molecule has 0 aromatic heterocycles. The van der Waals surface area contributed by atoms with Crippen molar-refractivity contribution in [3.8, 4) is 5.75 Å². The van der Waals surface area contributed by atoms with Crippen molar-refractivity contribution >= 4 is 11.6 Å². The van der Waals surface area contributed by atoms with E-state index < -0.39 is 0 Å². The van der Waals surface area contributed by atoms with Gasteiger partial charge in [-0.25, -0.2) is 0 Å². The Hall–Kier alpha value is -2.41. The molecule has 6 nitrogen and oxygen atoms in total. The second-order valence-corrected chi connectivity index (χ2v) is 8.16. The average Bonchev–Trinajstić information content (AvgIpc) is 2.94. The molecule has 1 amide bonds. The molecule has 1 fully saturated rings. The molecule has 0 saturated carbocycles. The van der Waals surface area contributed by atoms with Crippen LogP contribution in [-0.2, 0) is 4.79 Å². The minimum Gasteiger partial charge on any atom is -0.486 e. The van der Waals surface area contributed by atoms with E-state index in [2.05, 4.69) is 41.6 Å². The Morgan fingerprint density at radius 2 is 1.94 bits per heavy atom. The summed E-state index contributed by atoms with van der Waals surface area (Å²) in [6.45, 7) is 6.82. The lowest BCUT2D eigenvalue weighted by atomic mass is 10.1. The van der Waals surface area contributed by atoms with Gasteiger partial charge in [-0.1, -0.05) is 43.3 Å². The molecule has 1 heterocycles. The van der Waals surface area contributed by atoms with Crippen LogP contribution in [0.4, 0.5) is 5.69 Å². The number of likely N-dealkylation sites (N-methyl/N-ethyl adjacent to an activating group) is 1. The smallest absolute Gasteiger partial charge is 0.232 e. The topological polar surface area (TPSA) is 56.8 Å². The maximum Gasteiger partial charge on any atom is 0.232 e. The third kappa shape index (κ3) is 6.53. The molecule has 2 aromatic rings. The van der Waals surface area contributed by atoms with E-state index >= 15 is 0 Å². The molecule has 0 aliphatic carbocycles. The van der Waals surface area contributed by atoms with Gasteiger partial charge in [-0.05, 0) is 44.9 Å². The van der Waals surface area contributed by atoms with E-state index in [4.69, 9.17) is 4.74 Å². The van der Waals surface area contributed by atoms with Crippen molar-refractivity contribution < 1.29 is 9.53 Å². The molecule has 0 unspecified atom stereocenters. The molecule has 2 N–H and O–H groups in total. The molecule has 168 valence electrons. The Kier molecular flexibility index (Phi) is 8.88. The van der Waals surface area contributed by atoms with Gasteiger partial charge in [-0.15, -0.1) is 0 Å². The first-order chi connectivity index (χ1) is 15.1. The van der Waals surface area contributed by atoms with E-state index in [9.17, 15) is 4.79 Å². The van der Waals surface area contributed by atoms with Crippen LogP contribution in [0.25, 0.3) is 0 Å². The van der Waals surface area contributed by atoms with E-state index in [0.717, 1.165) is 49.6 Å². The predicted molar refractivity (Wildman–Crippen MR) is 127 cm³/mol. The van der Waals surface area contributed by atoms with E-state index in [1.165, 1.54) is 0 Å². The molecule has 1 saturated heterocycles. The molecule has 0 radical (unpaired) electrons. The minimum atomic E-state index is -0.0512. The Morgan fingerprint density at radius 1 is 1.13 bits per heavy atom. The quantitative estimate of drug-likeness (QED) is 0.614. The lowest BCUT2D eigenvalue weighted by molar-refractivity contribution is -0.122. The Bertz CT molecular complexity index is 814. The number of anilines is 1. The highest BCUT2D eigenvalue weighted by atomic mass is 16.5. The Labute approximate surface area is 186 Å². The van der Waals surface area contributed by atoms with Crippen LogP contribution in [-0.4, -0.2) is 64.2 Å². The van der Waals surface area contributed by atoms with Gasteiger partial charge in [0.05, 0.1) is 5.92 Å². The van der Waals surface area contributed by atoms with Crippen LogP contribution in [0.15, 0.2) is 54.6 Å². The standard InChI is InChI=1S/C25H36N4O2/c1-4-27-18-21-19-28(3)15-16-29(25(21)30)22-11-8-12-23(17-22)31-24(13-14-26-2)20-9-6-5-7-10-20/h5-12,17,21,24,26-27H,4,13-16,18-19H2,1-3H3/t21-,24-/m0/s1. The van der Waals surface area contributed by atoms with Gasteiger partial charge < -0.3 is 25.2 Å². The molecule has 31 heavy (non-hydrogen) atoms. The van der Waals surface area contributed by atoms with Crippen molar-refractivity contribution in [3.05, 3.63) is 60.2 Å². The van der Waals surface area contributed by atoms with Crippen LogP contribution in [0.1, 0.15) is 25.0 Å². The average molecular weight is 425 g/mol. The summed E-state index contributed by atoms with van der Waals surface area (Å²) in [7, 11) is 4.04. The maximum absolute atomic E-state index is 13.3. The highest BCUT2D eigenvalue weighted by Gasteiger charge is 2.30. The summed E-state index contributed by atoms with van der Waals surface area (Å²) in [6, 6.07) is 18.3. The third-order valence-electron chi connectivity index (χ3n) is 5.73. The number of carbonyl (C=O) groups excluding carboxylic acids is 1. The van der Waals surface area contributed by atoms with Crippen molar-refractivity contribution in [2.75, 3.05) is 58.3 Å². The molecule has 3 rings (SSSR count). The fraction of sp³-hybridized carbons (Fsp3) is 0.480. The zero-order valence-corrected chi connectivity index (χ0v) is 19.0. The first-order valence-corrected chi connectivity index (χ1v) is 11.3. The number of nitrogens with zero attached hydrogens (tertiary/aromatic N) is 2. The van der Waals surface area contributed by atoms with Gasteiger partial charge in [0.2, 0.25) is 5.91 Å². The van der Waals surface area contributed by atoms with Gasteiger partial charge in [0.25, 0.3) is 0 Å². The zero-order valence-electron chi connectivity index (χ0n) is 19.0. The van der Waals surface area contributed by atoms with Crippen LogP contribution in [0.5, 0.6) is 5.75 Å².